The van der Waals surface area contributed by atoms with Crippen LogP contribution in [-0.2, 0) is 0 Å². The molecule has 0 unspecified atom stereocenters. The number of aryl methyl sites for hydroxylation is 2. The average molecular weight is 1160 g/mol. The summed E-state index contributed by atoms with van der Waals surface area (Å²) in [6, 6.07) is 106. The molecule has 0 atom stereocenters. The van der Waals surface area contributed by atoms with E-state index in [1.807, 2.05) is 24.8 Å². The summed E-state index contributed by atoms with van der Waals surface area (Å²) in [6.45, 7) is 4.19. The van der Waals surface area contributed by atoms with Gasteiger partial charge in [0, 0.05) is 63.6 Å². The van der Waals surface area contributed by atoms with E-state index in [1.165, 1.54) is 77.2 Å². The molecule has 428 valence electrons. The van der Waals surface area contributed by atoms with Crippen molar-refractivity contribution in [1.29, 1.82) is 0 Å². The van der Waals surface area contributed by atoms with Crippen LogP contribution in [-0.4, -0.2) is 16.7 Å². The Labute approximate surface area is 531 Å². The second-order valence-electron chi connectivity index (χ2n) is 23.6. The molecule has 4 heterocycles. The lowest BCUT2D eigenvalue weighted by atomic mass is 9.34. The van der Waals surface area contributed by atoms with Crippen molar-refractivity contribution in [1.82, 2.24) is 9.97 Å². The zero-order chi connectivity index (χ0) is 60.8. The molecule has 17 rings (SSSR count). The summed E-state index contributed by atoms with van der Waals surface area (Å²) >= 11 is 0. The summed E-state index contributed by atoms with van der Waals surface area (Å²) in [4.78, 5) is 8.76. The van der Waals surface area contributed by atoms with Crippen LogP contribution in [0, 0.1) is 13.8 Å². The number of fused-ring (bicyclic) bond motifs is 6. The van der Waals surface area contributed by atoms with Crippen LogP contribution in [0.3, 0.4) is 0 Å². The molecule has 13 aromatic carbocycles. The van der Waals surface area contributed by atoms with E-state index in [0.717, 1.165) is 95.0 Å². The van der Waals surface area contributed by atoms with Crippen LogP contribution in [0.4, 0.5) is 0 Å². The van der Waals surface area contributed by atoms with Gasteiger partial charge in [0.1, 0.15) is 23.0 Å². The Bertz CT molecular complexity index is 5060. The van der Waals surface area contributed by atoms with E-state index in [9.17, 15) is 0 Å². The van der Waals surface area contributed by atoms with Gasteiger partial charge in [0.2, 0.25) is 0 Å². The van der Waals surface area contributed by atoms with E-state index in [2.05, 4.69) is 321 Å². The van der Waals surface area contributed by atoms with E-state index in [0.29, 0.717) is 0 Å². The van der Waals surface area contributed by atoms with Crippen LogP contribution in [0.2, 0.25) is 0 Å². The largest absolute Gasteiger partial charge is 0.457 e. The molecule has 0 amide bonds. The summed E-state index contributed by atoms with van der Waals surface area (Å²) in [5, 5.41) is 4.97. The Hall–Kier alpha value is -11.7. The molecule has 0 saturated carbocycles. The standard InChI is InChI=1S/C44H32N2.C42H27BO2/c1-29-22-24-45-27-41(29)32-12-16-34(17-13-32)43-37-10-6-7-11-38(37)44(35-18-14-33(15-19-35)42-28-46-25-23-30(42)2)40-26-36(20-21-39(40)43)31-8-4-3-5-9-31;1-5-15-28(16-6-1)32-23-13-25-36-39(32)44-41-34(30-19-9-3-10-20-30)27-35(31-21-11-4-12-22-31)42-38(41)43(36)37-26-14-24-33(40(37)45-42)29-17-7-2-8-18-29/h3-28H,1-2H3;1-27H. The van der Waals surface area contributed by atoms with Crippen LogP contribution < -0.4 is 25.9 Å². The van der Waals surface area contributed by atoms with Crippen molar-refractivity contribution in [2.75, 3.05) is 0 Å². The molecule has 4 nitrogen and oxygen atoms in total. The smallest absolute Gasteiger partial charge is 0.260 e. The van der Waals surface area contributed by atoms with E-state index < -0.39 is 0 Å². The van der Waals surface area contributed by atoms with Crippen LogP contribution in [0.25, 0.3) is 122 Å². The molecular weight excluding hydrogens is 1100 g/mol. The maximum atomic E-state index is 7.14. The summed E-state index contributed by atoms with van der Waals surface area (Å²) in [6.07, 6.45) is 7.61. The van der Waals surface area contributed by atoms with E-state index >= 15 is 0 Å². The van der Waals surface area contributed by atoms with Crippen molar-refractivity contribution in [3.63, 3.8) is 0 Å². The minimum Gasteiger partial charge on any atom is -0.457 e. The SMILES string of the molecule is Cc1ccncc1-c1ccc(-c2c3ccccc3c(-c3ccc(-c4cnccc4C)cc3)c3cc(-c4ccccc4)ccc23)cc1.c1ccc(-c2cccc3c2Oc2c(-c4ccccc4)cc(-c4ccccc4)c4c2B3c2cccc(-c3ccccc3)c2O4)cc1. The summed E-state index contributed by atoms with van der Waals surface area (Å²) in [7, 11) is 0. The molecule has 0 fully saturated rings. The van der Waals surface area contributed by atoms with Gasteiger partial charge in [-0.2, -0.15) is 0 Å². The molecule has 0 N–H and O–H groups in total. The first-order valence-corrected chi connectivity index (χ1v) is 31.1. The Kier molecular flexibility index (Phi) is 14.1. The molecule has 0 saturated heterocycles. The summed E-state index contributed by atoms with van der Waals surface area (Å²) < 4.78 is 14.3. The predicted molar refractivity (Wildman–Crippen MR) is 380 cm³/mol. The van der Waals surface area contributed by atoms with Gasteiger partial charge >= 0.3 is 0 Å². The Morgan fingerprint density at radius 3 is 1.03 bits per heavy atom. The number of pyridine rings is 2. The van der Waals surface area contributed by atoms with Crippen LogP contribution >= 0.6 is 0 Å². The van der Waals surface area contributed by atoms with Gasteiger partial charge in [0.25, 0.3) is 6.71 Å². The van der Waals surface area contributed by atoms with Gasteiger partial charge in [0.05, 0.1) is 0 Å². The van der Waals surface area contributed by atoms with Crippen molar-refractivity contribution in [2.24, 2.45) is 0 Å². The molecule has 2 aliphatic rings. The fourth-order valence-electron chi connectivity index (χ4n) is 13.8. The van der Waals surface area contributed by atoms with Crippen LogP contribution in [0.1, 0.15) is 11.1 Å². The number of nitrogens with zero attached hydrogens (tertiary/aromatic N) is 2. The molecule has 0 spiro atoms. The molecule has 0 radical (unpaired) electrons. The molecule has 91 heavy (non-hydrogen) atoms. The highest BCUT2D eigenvalue weighted by molar-refractivity contribution is 6.98. The second-order valence-corrected chi connectivity index (χ2v) is 23.6. The molecule has 2 aliphatic heterocycles. The first-order valence-electron chi connectivity index (χ1n) is 31.1. The average Bonchev–Trinajstić information content (AvgIpc) is 0.730. The fourth-order valence-corrected chi connectivity index (χ4v) is 13.8. The molecule has 5 heteroatoms. The van der Waals surface area contributed by atoms with E-state index in [1.54, 1.807) is 0 Å². The molecule has 0 aliphatic carbocycles. The third-order valence-electron chi connectivity index (χ3n) is 18.2. The third kappa shape index (κ3) is 9.94. The second kappa shape index (κ2) is 23.5. The van der Waals surface area contributed by atoms with Crippen molar-refractivity contribution in [3.8, 4) is 123 Å². The molecule has 15 aromatic rings. The topological polar surface area (TPSA) is 44.2 Å². The quantitative estimate of drug-likeness (QED) is 0.107. The van der Waals surface area contributed by atoms with Crippen LogP contribution in [0.15, 0.2) is 322 Å². The predicted octanol–water partition coefficient (Wildman–Crippen LogP) is 20.8. The Morgan fingerprint density at radius 2 is 0.604 bits per heavy atom. The highest BCUT2D eigenvalue weighted by atomic mass is 16.5. The Morgan fingerprint density at radius 1 is 0.253 bits per heavy atom. The van der Waals surface area contributed by atoms with Crippen LogP contribution in [0.5, 0.6) is 23.0 Å². The molecular formula is C86H59BN2O2. The number of para-hydroxylation sites is 2. The van der Waals surface area contributed by atoms with Crippen molar-refractivity contribution in [2.45, 2.75) is 13.8 Å². The highest BCUT2D eigenvalue weighted by Gasteiger charge is 2.44. The lowest BCUT2D eigenvalue weighted by Gasteiger charge is -2.36. The van der Waals surface area contributed by atoms with Gasteiger partial charge in [0.15, 0.2) is 0 Å². The number of benzene rings is 13. The maximum absolute atomic E-state index is 7.14. The lowest BCUT2D eigenvalue weighted by molar-refractivity contribution is 0.468. The zero-order valence-corrected chi connectivity index (χ0v) is 50.4. The van der Waals surface area contributed by atoms with Gasteiger partial charge in [-0.05, 0) is 148 Å². The third-order valence-corrected chi connectivity index (χ3v) is 18.2. The first-order chi connectivity index (χ1) is 45.0. The first kappa shape index (κ1) is 54.7. The molecule has 2 aromatic heterocycles. The summed E-state index contributed by atoms with van der Waals surface area (Å²) in [5.74, 6) is 3.50. The van der Waals surface area contributed by atoms with Gasteiger partial charge in [-0.25, -0.2) is 0 Å². The lowest BCUT2D eigenvalue weighted by Crippen LogP contribution is -2.57. The number of ether oxygens (including phenoxy) is 2. The normalized spacial score (nSPS) is 11.8. The minimum atomic E-state index is -0.0825. The zero-order valence-electron chi connectivity index (χ0n) is 50.4. The van der Waals surface area contributed by atoms with E-state index in [-0.39, 0.29) is 6.71 Å². The van der Waals surface area contributed by atoms with Gasteiger partial charge in [-0.15, -0.1) is 0 Å². The van der Waals surface area contributed by atoms with E-state index in [4.69, 9.17) is 9.47 Å². The Balaban J connectivity index is 0.000000145. The maximum Gasteiger partial charge on any atom is 0.260 e. The minimum absolute atomic E-state index is 0.0825. The number of hydrogen-bond donors (Lipinski definition) is 0. The number of aromatic nitrogens is 2. The fraction of sp³-hybridized carbons (Fsp3) is 0.0233. The van der Waals surface area contributed by atoms with Crippen molar-refractivity contribution in [3.05, 3.63) is 333 Å². The highest BCUT2D eigenvalue weighted by Crippen LogP contribution is 2.50. The number of rotatable bonds is 9. The van der Waals surface area contributed by atoms with Gasteiger partial charge < -0.3 is 9.47 Å². The van der Waals surface area contributed by atoms with Gasteiger partial charge in [-0.3, -0.25) is 9.97 Å². The van der Waals surface area contributed by atoms with Crippen molar-refractivity contribution < 1.29 is 9.47 Å². The number of hydrogen-bond acceptors (Lipinski definition) is 4. The summed E-state index contributed by atoms with van der Waals surface area (Å²) in [5.41, 5.74) is 26.6. The van der Waals surface area contributed by atoms with Crippen molar-refractivity contribution >= 4 is 44.6 Å². The monoisotopic (exact) mass is 1160 g/mol. The van der Waals surface area contributed by atoms with Gasteiger partial charge in [-0.1, -0.05) is 273 Å². The molecule has 0 bridgehead atoms.